The third-order valence-corrected chi connectivity index (χ3v) is 6.62. The molecule has 0 bridgehead atoms. The van der Waals surface area contributed by atoms with Gasteiger partial charge in [-0.2, -0.15) is 0 Å². The van der Waals surface area contributed by atoms with Crippen molar-refractivity contribution >= 4 is 32.4 Å². The summed E-state index contributed by atoms with van der Waals surface area (Å²) < 4.78 is 8.38. The highest BCUT2D eigenvalue weighted by molar-refractivity contribution is 7.23. The molecule has 0 radical (unpaired) electrons. The second kappa shape index (κ2) is 8.13. The number of ether oxygens (including phenoxy) is 1. The second-order valence-corrected chi connectivity index (χ2v) is 8.92. The minimum atomic E-state index is -0.100. The van der Waals surface area contributed by atoms with Crippen LogP contribution in [0.5, 0.6) is 5.75 Å². The van der Waals surface area contributed by atoms with Gasteiger partial charge >= 0.3 is 0 Å². The van der Waals surface area contributed by atoms with Crippen LogP contribution in [0.4, 0.5) is 0 Å². The van der Waals surface area contributed by atoms with E-state index in [-0.39, 0.29) is 5.91 Å². The van der Waals surface area contributed by atoms with E-state index in [4.69, 9.17) is 9.72 Å². The number of imidazole rings is 1. The molecule has 0 saturated carbocycles. The quantitative estimate of drug-likeness (QED) is 0.377. The van der Waals surface area contributed by atoms with Gasteiger partial charge in [-0.15, -0.1) is 0 Å². The summed E-state index contributed by atoms with van der Waals surface area (Å²) in [7, 11) is 1.63. The molecule has 0 unspecified atom stereocenters. The Morgan fingerprint density at radius 3 is 2.78 bits per heavy atom. The molecule has 160 valence electrons. The molecule has 0 atom stereocenters. The molecule has 5 rings (SSSR count). The zero-order valence-electron chi connectivity index (χ0n) is 18.2. The first-order valence-electron chi connectivity index (χ1n) is 10.4. The molecule has 2 heterocycles. The predicted molar refractivity (Wildman–Crippen MR) is 130 cm³/mol. The molecule has 0 spiro atoms. The van der Waals surface area contributed by atoms with Crippen LogP contribution in [0, 0.1) is 13.8 Å². The number of hydrogen-bond donors (Lipinski definition) is 1. The van der Waals surface area contributed by atoms with Gasteiger partial charge in [-0.3, -0.25) is 9.20 Å². The summed E-state index contributed by atoms with van der Waals surface area (Å²) in [6.07, 6.45) is 2.08. The first-order valence-corrected chi connectivity index (χ1v) is 11.2. The molecule has 1 N–H and O–H groups in total. The maximum atomic E-state index is 12.7. The van der Waals surface area contributed by atoms with Crippen molar-refractivity contribution in [1.82, 2.24) is 14.7 Å². The van der Waals surface area contributed by atoms with Crippen molar-refractivity contribution in [2.45, 2.75) is 20.4 Å². The number of benzene rings is 3. The third kappa shape index (κ3) is 3.74. The molecule has 6 heteroatoms. The number of aromatic nitrogens is 2. The van der Waals surface area contributed by atoms with Crippen LogP contribution in [0.3, 0.4) is 0 Å². The largest absolute Gasteiger partial charge is 0.497 e. The van der Waals surface area contributed by atoms with Crippen LogP contribution < -0.4 is 10.1 Å². The number of carbonyl (C=O) groups excluding carboxylic acids is 1. The minimum absolute atomic E-state index is 0.100. The van der Waals surface area contributed by atoms with Gasteiger partial charge in [0.1, 0.15) is 5.75 Å². The highest BCUT2D eigenvalue weighted by Crippen LogP contribution is 2.31. The Bertz CT molecular complexity index is 1470. The van der Waals surface area contributed by atoms with E-state index in [1.165, 1.54) is 11.1 Å². The van der Waals surface area contributed by atoms with Crippen molar-refractivity contribution in [2.24, 2.45) is 0 Å². The number of thiazole rings is 1. The fourth-order valence-corrected chi connectivity index (χ4v) is 4.99. The van der Waals surface area contributed by atoms with Gasteiger partial charge in [0.25, 0.3) is 5.91 Å². The zero-order chi connectivity index (χ0) is 22.2. The summed E-state index contributed by atoms with van der Waals surface area (Å²) in [4.78, 5) is 18.5. The molecule has 5 nitrogen and oxygen atoms in total. The Morgan fingerprint density at radius 1 is 1.09 bits per heavy atom. The molecule has 0 aliphatic rings. The van der Waals surface area contributed by atoms with E-state index < -0.39 is 0 Å². The van der Waals surface area contributed by atoms with Gasteiger partial charge in [-0.1, -0.05) is 47.2 Å². The number of aryl methyl sites for hydroxylation is 2. The van der Waals surface area contributed by atoms with Crippen LogP contribution in [0.2, 0.25) is 0 Å². The SMILES string of the molecule is COc1cccc(CNC(=O)c2ccc3c(c2)sc2nc(-c4ccc(C)cc4C)cn23)c1. The molecule has 2 aromatic heterocycles. The fourth-order valence-electron chi connectivity index (χ4n) is 3.94. The van der Waals surface area contributed by atoms with E-state index in [0.29, 0.717) is 12.1 Å². The van der Waals surface area contributed by atoms with E-state index in [1.807, 2.05) is 42.5 Å². The lowest BCUT2D eigenvalue weighted by atomic mass is 10.0. The topological polar surface area (TPSA) is 55.6 Å². The molecule has 3 aromatic carbocycles. The van der Waals surface area contributed by atoms with Crippen molar-refractivity contribution in [1.29, 1.82) is 0 Å². The summed E-state index contributed by atoms with van der Waals surface area (Å²) in [5.74, 6) is 0.678. The predicted octanol–water partition coefficient (Wildman–Crippen LogP) is 5.77. The molecule has 32 heavy (non-hydrogen) atoms. The Hall–Kier alpha value is -3.64. The highest BCUT2D eigenvalue weighted by Gasteiger charge is 2.14. The Labute approximate surface area is 190 Å². The summed E-state index contributed by atoms with van der Waals surface area (Å²) in [6, 6.07) is 19.9. The van der Waals surface area contributed by atoms with E-state index in [2.05, 4.69) is 48.0 Å². The number of carbonyl (C=O) groups is 1. The van der Waals surface area contributed by atoms with E-state index in [9.17, 15) is 4.79 Å². The minimum Gasteiger partial charge on any atom is -0.497 e. The molecule has 1 amide bonds. The van der Waals surface area contributed by atoms with E-state index in [1.54, 1.807) is 18.4 Å². The first kappa shape index (κ1) is 20.3. The number of hydrogen-bond acceptors (Lipinski definition) is 4. The molecular formula is C26H23N3O2S. The number of nitrogens with one attached hydrogen (secondary N) is 1. The standard InChI is InChI=1S/C26H23N3O2S/c1-16-7-9-21(17(2)11-16)22-15-29-23-10-8-19(13-24(23)32-26(29)28-22)25(30)27-14-18-5-4-6-20(12-18)31-3/h4-13,15H,14H2,1-3H3,(H,27,30). The Morgan fingerprint density at radius 2 is 1.97 bits per heavy atom. The van der Waals surface area contributed by atoms with Crippen LogP contribution in [0.1, 0.15) is 27.0 Å². The number of amides is 1. The second-order valence-electron chi connectivity index (χ2n) is 7.92. The van der Waals surface area contributed by atoms with Gasteiger partial charge in [0.2, 0.25) is 0 Å². The summed E-state index contributed by atoms with van der Waals surface area (Å²) in [5.41, 5.74) is 7.26. The number of rotatable bonds is 5. The van der Waals surface area contributed by atoms with Crippen molar-refractivity contribution in [3.8, 4) is 17.0 Å². The smallest absolute Gasteiger partial charge is 0.251 e. The molecule has 0 saturated heterocycles. The molecule has 0 aliphatic heterocycles. The normalized spacial score (nSPS) is 11.2. The van der Waals surface area contributed by atoms with Gasteiger partial charge in [0.05, 0.1) is 23.0 Å². The molecule has 0 aliphatic carbocycles. The third-order valence-electron chi connectivity index (χ3n) is 5.60. The van der Waals surface area contributed by atoms with Gasteiger partial charge in [-0.25, -0.2) is 4.98 Å². The fraction of sp³-hybridized carbons (Fsp3) is 0.154. The van der Waals surface area contributed by atoms with Gasteiger partial charge in [-0.05, 0) is 55.3 Å². The Balaban J connectivity index is 1.39. The lowest BCUT2D eigenvalue weighted by Gasteiger charge is -2.07. The monoisotopic (exact) mass is 441 g/mol. The summed E-state index contributed by atoms with van der Waals surface area (Å²) in [5, 5.41) is 2.99. The van der Waals surface area contributed by atoms with Crippen molar-refractivity contribution < 1.29 is 9.53 Å². The van der Waals surface area contributed by atoms with E-state index >= 15 is 0 Å². The van der Waals surface area contributed by atoms with Crippen LogP contribution in [0.25, 0.3) is 26.4 Å². The van der Waals surface area contributed by atoms with Crippen molar-refractivity contribution in [3.63, 3.8) is 0 Å². The molecule has 5 aromatic rings. The number of methoxy groups -OCH3 is 1. The summed E-state index contributed by atoms with van der Waals surface area (Å²) in [6.45, 7) is 4.66. The van der Waals surface area contributed by atoms with Crippen LogP contribution in [0.15, 0.2) is 66.9 Å². The van der Waals surface area contributed by atoms with Crippen LogP contribution in [-0.2, 0) is 6.54 Å². The van der Waals surface area contributed by atoms with E-state index in [0.717, 1.165) is 37.7 Å². The maximum absolute atomic E-state index is 12.7. The van der Waals surface area contributed by atoms with Crippen molar-refractivity contribution in [3.05, 3.63) is 89.1 Å². The average molecular weight is 442 g/mol. The lowest BCUT2D eigenvalue weighted by Crippen LogP contribution is -2.22. The highest BCUT2D eigenvalue weighted by atomic mass is 32.1. The Kier molecular flexibility index (Phi) is 5.15. The number of nitrogens with zero attached hydrogens (tertiary/aromatic N) is 2. The van der Waals surface area contributed by atoms with Crippen LogP contribution in [-0.4, -0.2) is 22.4 Å². The molecular weight excluding hydrogens is 418 g/mol. The summed E-state index contributed by atoms with van der Waals surface area (Å²) >= 11 is 1.59. The van der Waals surface area contributed by atoms with Gasteiger partial charge in [0, 0.05) is 23.9 Å². The maximum Gasteiger partial charge on any atom is 0.251 e. The first-order chi connectivity index (χ1) is 15.5. The number of fused-ring (bicyclic) bond motifs is 3. The van der Waals surface area contributed by atoms with Gasteiger partial charge < -0.3 is 10.1 Å². The average Bonchev–Trinajstić information content (AvgIpc) is 3.35. The zero-order valence-corrected chi connectivity index (χ0v) is 19.0. The van der Waals surface area contributed by atoms with Crippen LogP contribution >= 0.6 is 11.3 Å². The lowest BCUT2D eigenvalue weighted by molar-refractivity contribution is 0.0951. The molecule has 0 fully saturated rings. The van der Waals surface area contributed by atoms with Crippen molar-refractivity contribution in [2.75, 3.05) is 7.11 Å². The van der Waals surface area contributed by atoms with Gasteiger partial charge in [0.15, 0.2) is 4.96 Å².